The fourth-order valence-electron chi connectivity index (χ4n) is 1.85. The Morgan fingerprint density at radius 3 is 2.43 bits per heavy atom. The SMILES string of the molecule is CC1=C(I)C(=O)C[C@H]1c1ccccc1. The van der Waals surface area contributed by atoms with Gasteiger partial charge in [-0.2, -0.15) is 0 Å². The van der Waals surface area contributed by atoms with Gasteiger partial charge in [0.25, 0.3) is 0 Å². The van der Waals surface area contributed by atoms with E-state index < -0.39 is 0 Å². The Hall–Kier alpha value is -0.640. The predicted molar refractivity (Wildman–Crippen MR) is 65.5 cm³/mol. The first kappa shape index (κ1) is 9.90. The van der Waals surface area contributed by atoms with Crippen molar-refractivity contribution in [3.63, 3.8) is 0 Å². The molecule has 0 spiro atoms. The third kappa shape index (κ3) is 1.63. The minimum absolute atomic E-state index is 0.289. The highest BCUT2D eigenvalue weighted by Crippen LogP contribution is 2.39. The van der Waals surface area contributed by atoms with Crippen LogP contribution >= 0.6 is 22.6 Å². The molecule has 1 aromatic carbocycles. The van der Waals surface area contributed by atoms with E-state index in [-0.39, 0.29) is 5.78 Å². The molecule has 14 heavy (non-hydrogen) atoms. The first-order chi connectivity index (χ1) is 6.70. The van der Waals surface area contributed by atoms with E-state index in [4.69, 9.17) is 0 Å². The molecule has 0 aromatic heterocycles. The van der Waals surface area contributed by atoms with Gasteiger partial charge in [-0.25, -0.2) is 0 Å². The van der Waals surface area contributed by atoms with Crippen molar-refractivity contribution in [2.45, 2.75) is 19.3 Å². The minimum Gasteiger partial charge on any atom is -0.294 e. The maximum Gasteiger partial charge on any atom is 0.169 e. The van der Waals surface area contributed by atoms with E-state index in [1.807, 2.05) is 18.2 Å². The van der Waals surface area contributed by atoms with E-state index in [0.717, 1.165) is 3.58 Å². The summed E-state index contributed by atoms with van der Waals surface area (Å²) >= 11 is 2.16. The topological polar surface area (TPSA) is 17.1 Å². The number of hydrogen-bond acceptors (Lipinski definition) is 1. The monoisotopic (exact) mass is 298 g/mol. The lowest BCUT2D eigenvalue weighted by molar-refractivity contribution is -0.114. The Bertz CT molecular complexity index is 392. The molecule has 0 aliphatic heterocycles. The summed E-state index contributed by atoms with van der Waals surface area (Å²) in [5.41, 5.74) is 2.48. The average molecular weight is 298 g/mol. The number of rotatable bonds is 1. The highest BCUT2D eigenvalue weighted by atomic mass is 127. The van der Waals surface area contributed by atoms with Gasteiger partial charge >= 0.3 is 0 Å². The lowest BCUT2D eigenvalue weighted by Gasteiger charge is -2.10. The van der Waals surface area contributed by atoms with Gasteiger partial charge in [-0.1, -0.05) is 30.3 Å². The van der Waals surface area contributed by atoms with E-state index in [2.05, 4.69) is 41.6 Å². The van der Waals surface area contributed by atoms with E-state index in [1.54, 1.807) is 0 Å². The molecule has 0 unspecified atom stereocenters. The Balaban J connectivity index is 2.36. The molecule has 72 valence electrons. The molecule has 0 heterocycles. The molecule has 1 atom stereocenters. The molecular weight excluding hydrogens is 287 g/mol. The minimum atomic E-state index is 0.289. The normalized spacial score (nSPS) is 21.9. The van der Waals surface area contributed by atoms with Crippen LogP contribution in [0.5, 0.6) is 0 Å². The summed E-state index contributed by atoms with van der Waals surface area (Å²) in [6.07, 6.45) is 0.647. The Morgan fingerprint density at radius 1 is 1.29 bits per heavy atom. The van der Waals surface area contributed by atoms with Gasteiger partial charge in [-0.15, -0.1) is 0 Å². The summed E-state index contributed by atoms with van der Waals surface area (Å²) in [6.45, 7) is 2.06. The van der Waals surface area contributed by atoms with Crippen molar-refractivity contribution in [3.8, 4) is 0 Å². The van der Waals surface area contributed by atoms with Crippen LogP contribution < -0.4 is 0 Å². The van der Waals surface area contributed by atoms with Gasteiger partial charge in [0.05, 0.1) is 3.58 Å². The standard InChI is InChI=1S/C12H11IO/c1-8-10(7-11(14)12(8)13)9-5-3-2-4-6-9/h2-6,10H,7H2,1H3/t10-/m1/s1. The molecule has 2 heteroatoms. The lowest BCUT2D eigenvalue weighted by Crippen LogP contribution is -1.97. The third-order valence-corrected chi connectivity index (χ3v) is 4.16. The lowest BCUT2D eigenvalue weighted by atomic mass is 9.94. The number of Topliss-reactive ketones (excluding diaryl/α,β-unsaturated/α-hetero) is 1. The molecule has 0 radical (unpaired) electrons. The van der Waals surface area contributed by atoms with Crippen LogP contribution in [-0.2, 0) is 4.79 Å². The number of allylic oxidation sites excluding steroid dienone is 2. The summed E-state index contributed by atoms with van der Waals surface area (Å²) < 4.78 is 0.927. The molecule has 0 fully saturated rings. The van der Waals surface area contributed by atoms with Crippen LogP contribution in [0.25, 0.3) is 0 Å². The fraction of sp³-hybridized carbons (Fsp3) is 0.250. The zero-order chi connectivity index (χ0) is 10.1. The van der Waals surface area contributed by atoms with Crippen molar-refractivity contribution < 1.29 is 4.79 Å². The van der Waals surface area contributed by atoms with Crippen LogP contribution in [0.4, 0.5) is 0 Å². The number of ketones is 1. The largest absolute Gasteiger partial charge is 0.294 e. The number of hydrogen-bond donors (Lipinski definition) is 0. The van der Waals surface area contributed by atoms with Crippen LogP contribution in [0, 0.1) is 0 Å². The van der Waals surface area contributed by atoms with Gasteiger partial charge in [-0.05, 0) is 40.7 Å². The highest BCUT2D eigenvalue weighted by molar-refractivity contribution is 14.1. The second-order valence-corrected chi connectivity index (χ2v) is 4.67. The zero-order valence-corrected chi connectivity index (χ0v) is 10.1. The maximum atomic E-state index is 11.5. The van der Waals surface area contributed by atoms with Gasteiger partial charge < -0.3 is 0 Å². The van der Waals surface area contributed by atoms with Crippen LogP contribution in [0.15, 0.2) is 39.5 Å². The molecule has 1 nitrogen and oxygen atoms in total. The van der Waals surface area contributed by atoms with Gasteiger partial charge in [0.1, 0.15) is 0 Å². The van der Waals surface area contributed by atoms with Crippen molar-refractivity contribution in [2.75, 3.05) is 0 Å². The Morgan fingerprint density at radius 2 is 1.93 bits per heavy atom. The fourth-order valence-corrected chi connectivity index (χ4v) is 2.45. The van der Waals surface area contributed by atoms with Gasteiger partial charge in [0.15, 0.2) is 5.78 Å². The summed E-state index contributed by atoms with van der Waals surface area (Å²) in [7, 11) is 0. The average Bonchev–Trinajstić information content (AvgIpc) is 2.47. The maximum absolute atomic E-state index is 11.5. The number of carbonyl (C=O) groups excluding carboxylic acids is 1. The summed E-state index contributed by atoms with van der Waals surface area (Å²) in [5.74, 6) is 0.604. The van der Waals surface area contributed by atoms with Crippen molar-refractivity contribution >= 4 is 28.4 Å². The smallest absolute Gasteiger partial charge is 0.169 e. The molecule has 2 rings (SSSR count). The second kappa shape index (κ2) is 3.85. The molecule has 0 saturated heterocycles. The zero-order valence-electron chi connectivity index (χ0n) is 7.96. The van der Waals surface area contributed by atoms with Crippen LogP contribution in [0.1, 0.15) is 24.8 Å². The molecular formula is C12H11IO. The predicted octanol–water partition coefficient (Wildman–Crippen LogP) is 3.45. The van der Waals surface area contributed by atoms with E-state index in [1.165, 1.54) is 11.1 Å². The van der Waals surface area contributed by atoms with Gasteiger partial charge in [0.2, 0.25) is 0 Å². The third-order valence-electron chi connectivity index (χ3n) is 2.71. The van der Waals surface area contributed by atoms with Crippen molar-refractivity contribution in [3.05, 3.63) is 45.0 Å². The van der Waals surface area contributed by atoms with E-state index in [0.29, 0.717) is 12.3 Å². The summed E-state index contributed by atoms with van der Waals surface area (Å²) in [4.78, 5) is 11.5. The summed E-state index contributed by atoms with van der Waals surface area (Å²) in [6, 6.07) is 10.2. The molecule has 1 aliphatic rings. The molecule has 1 aromatic rings. The quantitative estimate of drug-likeness (QED) is 0.726. The molecule has 0 amide bonds. The first-order valence-corrected chi connectivity index (χ1v) is 5.72. The first-order valence-electron chi connectivity index (χ1n) is 4.64. The van der Waals surface area contributed by atoms with Crippen molar-refractivity contribution in [1.29, 1.82) is 0 Å². The Kier molecular flexibility index (Phi) is 2.72. The van der Waals surface area contributed by atoms with Gasteiger partial charge in [0, 0.05) is 12.3 Å². The van der Waals surface area contributed by atoms with E-state index in [9.17, 15) is 4.79 Å². The Labute approximate surface area is 97.3 Å². The summed E-state index contributed by atoms with van der Waals surface area (Å²) in [5, 5.41) is 0. The molecule has 1 aliphatic carbocycles. The number of benzene rings is 1. The number of carbonyl (C=O) groups is 1. The van der Waals surface area contributed by atoms with Gasteiger partial charge in [-0.3, -0.25) is 4.79 Å². The van der Waals surface area contributed by atoms with Crippen LogP contribution in [0.3, 0.4) is 0 Å². The van der Waals surface area contributed by atoms with Crippen molar-refractivity contribution in [1.82, 2.24) is 0 Å². The second-order valence-electron chi connectivity index (χ2n) is 3.59. The van der Waals surface area contributed by atoms with Crippen LogP contribution in [0.2, 0.25) is 0 Å². The van der Waals surface area contributed by atoms with Crippen LogP contribution in [-0.4, -0.2) is 5.78 Å². The number of halogens is 1. The highest BCUT2D eigenvalue weighted by Gasteiger charge is 2.28. The molecule has 0 N–H and O–H groups in total. The molecule has 0 bridgehead atoms. The molecule has 0 saturated carbocycles. The van der Waals surface area contributed by atoms with Crippen molar-refractivity contribution in [2.24, 2.45) is 0 Å². The van der Waals surface area contributed by atoms with E-state index >= 15 is 0 Å².